The van der Waals surface area contributed by atoms with Gasteiger partial charge in [-0.05, 0) is 44.9 Å². The smallest absolute Gasteiger partial charge is 0.387 e. The minimum atomic E-state index is -4.36. The summed E-state index contributed by atoms with van der Waals surface area (Å²) in [6.07, 6.45) is 77.4. The molecule has 76 heavy (non-hydrogen) atoms. The zero-order valence-electron chi connectivity index (χ0n) is 51.5. The molecule has 3 atom stereocenters. The molecule has 3 N–H and O–H groups in total. The van der Waals surface area contributed by atoms with E-state index in [1.54, 1.807) is 6.08 Å². The largest absolute Gasteiger partial charge is 0.472 e. The number of likely N-dealkylation sites (N-methyl/N-ethyl adjacent to an activating group) is 1. The first kappa shape index (κ1) is 74.7. The van der Waals surface area contributed by atoms with Crippen molar-refractivity contribution in [3.8, 4) is 0 Å². The maximum absolute atomic E-state index is 13.0. The summed E-state index contributed by atoms with van der Waals surface area (Å²) in [6.45, 7) is 4.81. The minimum Gasteiger partial charge on any atom is -0.387 e. The molecule has 0 aliphatic heterocycles. The van der Waals surface area contributed by atoms with E-state index in [-0.39, 0.29) is 19.1 Å². The number of allylic oxidation sites excluding steroid dienone is 5. The second-order valence-corrected chi connectivity index (χ2v) is 25.6. The Morgan fingerprint density at radius 2 is 0.724 bits per heavy atom. The Bertz CT molecular complexity index is 1330. The Morgan fingerprint density at radius 1 is 0.434 bits per heavy atom. The molecule has 0 bridgehead atoms. The van der Waals surface area contributed by atoms with Gasteiger partial charge in [-0.3, -0.25) is 13.8 Å². The number of phosphoric acid groups is 1. The molecule has 9 heteroatoms. The number of carbonyl (C=O) groups excluding carboxylic acids is 1. The van der Waals surface area contributed by atoms with Crippen LogP contribution in [-0.2, 0) is 18.4 Å². The summed E-state index contributed by atoms with van der Waals surface area (Å²) >= 11 is 0. The lowest BCUT2D eigenvalue weighted by molar-refractivity contribution is -0.870. The number of nitrogens with one attached hydrogen (secondary N) is 1. The number of nitrogens with zero attached hydrogens (tertiary/aromatic N) is 1. The molecular weight excluding hydrogens is 960 g/mol. The van der Waals surface area contributed by atoms with Crippen LogP contribution in [0.2, 0.25) is 0 Å². The third kappa shape index (κ3) is 60.4. The van der Waals surface area contributed by atoms with E-state index in [0.29, 0.717) is 17.4 Å². The SMILES string of the molecule is CCCCCCC/C=C/CC/C=C/CC/C=C/C(O)C(COP(=O)(O)OCC[N+](C)(C)C)NC(=O)CCCCCCCCCCCCCCCCCCCCCCCCCCCCCCCCCCCCCCCCC. The average Bonchev–Trinajstić information content (AvgIpc) is 3.38. The van der Waals surface area contributed by atoms with E-state index in [1.807, 2.05) is 27.2 Å². The predicted octanol–water partition coefficient (Wildman–Crippen LogP) is 20.9. The van der Waals surface area contributed by atoms with Crippen LogP contribution in [0.5, 0.6) is 0 Å². The maximum Gasteiger partial charge on any atom is 0.472 e. The summed E-state index contributed by atoms with van der Waals surface area (Å²) in [5.41, 5.74) is 0. The number of unbranched alkanes of at least 4 members (excludes halogenated alkanes) is 45. The third-order valence-corrected chi connectivity index (χ3v) is 16.3. The van der Waals surface area contributed by atoms with Gasteiger partial charge in [0.05, 0.1) is 39.9 Å². The number of rotatable bonds is 62. The zero-order valence-corrected chi connectivity index (χ0v) is 52.4. The lowest BCUT2D eigenvalue weighted by Gasteiger charge is -2.25. The summed E-state index contributed by atoms with van der Waals surface area (Å²) < 4.78 is 23.7. The van der Waals surface area contributed by atoms with Crippen LogP contribution in [0.15, 0.2) is 36.5 Å². The van der Waals surface area contributed by atoms with Crippen molar-refractivity contribution >= 4 is 13.7 Å². The standard InChI is InChI=1S/C67H131N2O6P/c1-6-8-10-12-14-16-18-20-22-23-24-25-26-27-28-29-30-31-32-33-34-35-36-37-38-39-40-41-42-43-44-45-47-49-51-53-55-57-59-61-67(71)68-65(64-75-76(72,73)74-63-62-69(3,4)5)66(70)60-58-56-54-52-50-48-46-21-19-17-15-13-11-9-7-2/h19,21,50,52,58,60,65-66,70H,6-18,20,22-49,51,53-57,59,61-64H2,1-5H3,(H-,68,71,72,73)/p+1/b21-19+,52-50+,60-58+. The fourth-order valence-electron chi connectivity index (χ4n) is 10.1. The summed E-state index contributed by atoms with van der Waals surface area (Å²) in [5, 5.41) is 13.9. The van der Waals surface area contributed by atoms with E-state index >= 15 is 0 Å². The van der Waals surface area contributed by atoms with Crippen molar-refractivity contribution in [2.75, 3.05) is 40.9 Å². The Labute approximate surface area is 474 Å². The number of phosphoric ester groups is 1. The highest BCUT2D eigenvalue weighted by Gasteiger charge is 2.28. The number of carbonyl (C=O) groups is 1. The first-order valence-electron chi connectivity index (χ1n) is 33.4. The Hall–Kier alpha value is -1.28. The average molecular weight is 1090 g/mol. The second kappa shape index (κ2) is 58.4. The van der Waals surface area contributed by atoms with E-state index in [9.17, 15) is 19.4 Å². The highest BCUT2D eigenvalue weighted by molar-refractivity contribution is 7.47. The molecule has 0 aliphatic carbocycles. The molecule has 0 saturated heterocycles. The number of hydrogen-bond acceptors (Lipinski definition) is 5. The lowest BCUT2D eigenvalue weighted by Crippen LogP contribution is -2.45. The van der Waals surface area contributed by atoms with Crippen molar-refractivity contribution in [2.45, 2.75) is 347 Å². The van der Waals surface area contributed by atoms with Crippen molar-refractivity contribution in [1.29, 1.82) is 0 Å². The second-order valence-electron chi connectivity index (χ2n) is 24.2. The topological polar surface area (TPSA) is 105 Å². The number of aliphatic hydroxyl groups excluding tert-OH is 1. The van der Waals surface area contributed by atoms with Crippen molar-refractivity contribution in [3.63, 3.8) is 0 Å². The van der Waals surface area contributed by atoms with Gasteiger partial charge < -0.3 is 19.8 Å². The Kier molecular flexibility index (Phi) is 57.4. The maximum atomic E-state index is 13.0. The lowest BCUT2D eigenvalue weighted by atomic mass is 10.0. The van der Waals surface area contributed by atoms with Crippen molar-refractivity contribution in [3.05, 3.63) is 36.5 Å². The molecule has 0 heterocycles. The Balaban J connectivity index is 3.89. The monoisotopic (exact) mass is 1090 g/mol. The van der Waals surface area contributed by atoms with Gasteiger partial charge >= 0.3 is 7.82 Å². The molecule has 3 unspecified atom stereocenters. The van der Waals surface area contributed by atoms with E-state index < -0.39 is 20.0 Å². The van der Waals surface area contributed by atoms with Gasteiger partial charge in [0.1, 0.15) is 13.2 Å². The molecular formula is C67H132N2O6P+. The van der Waals surface area contributed by atoms with Crippen LogP contribution >= 0.6 is 7.82 Å². The fourth-order valence-corrected chi connectivity index (χ4v) is 10.9. The zero-order chi connectivity index (χ0) is 55.6. The molecule has 0 fully saturated rings. The van der Waals surface area contributed by atoms with E-state index in [4.69, 9.17) is 9.05 Å². The highest BCUT2D eigenvalue weighted by atomic mass is 31.2. The molecule has 450 valence electrons. The molecule has 0 saturated carbocycles. The molecule has 0 radical (unpaired) electrons. The van der Waals surface area contributed by atoms with Crippen LogP contribution in [-0.4, -0.2) is 73.4 Å². The van der Waals surface area contributed by atoms with Gasteiger partial charge in [-0.2, -0.15) is 0 Å². The van der Waals surface area contributed by atoms with Crippen LogP contribution in [0, 0.1) is 0 Å². The third-order valence-electron chi connectivity index (χ3n) is 15.3. The van der Waals surface area contributed by atoms with E-state index in [2.05, 4.69) is 43.5 Å². The van der Waals surface area contributed by atoms with Gasteiger partial charge in [-0.1, -0.05) is 320 Å². The van der Waals surface area contributed by atoms with Crippen LogP contribution in [0.25, 0.3) is 0 Å². The molecule has 0 spiro atoms. The van der Waals surface area contributed by atoms with Crippen molar-refractivity contribution in [2.24, 2.45) is 0 Å². The molecule has 0 aromatic rings. The van der Waals surface area contributed by atoms with Gasteiger partial charge in [-0.25, -0.2) is 4.57 Å². The summed E-state index contributed by atoms with van der Waals surface area (Å²) in [4.78, 5) is 23.3. The molecule has 0 aliphatic rings. The van der Waals surface area contributed by atoms with Crippen molar-refractivity contribution < 1.29 is 32.9 Å². The number of amides is 1. The molecule has 0 aromatic carbocycles. The highest BCUT2D eigenvalue weighted by Crippen LogP contribution is 2.43. The van der Waals surface area contributed by atoms with Crippen LogP contribution in [0.4, 0.5) is 0 Å². The van der Waals surface area contributed by atoms with Gasteiger partial charge in [0.25, 0.3) is 0 Å². The number of hydrogen-bond donors (Lipinski definition) is 3. The molecule has 0 rings (SSSR count). The van der Waals surface area contributed by atoms with Gasteiger partial charge in [0.2, 0.25) is 5.91 Å². The van der Waals surface area contributed by atoms with E-state index in [0.717, 1.165) is 44.9 Å². The van der Waals surface area contributed by atoms with Crippen molar-refractivity contribution in [1.82, 2.24) is 5.32 Å². The van der Waals surface area contributed by atoms with Gasteiger partial charge in [0.15, 0.2) is 0 Å². The molecule has 8 nitrogen and oxygen atoms in total. The van der Waals surface area contributed by atoms with Crippen LogP contribution in [0.3, 0.4) is 0 Å². The first-order chi connectivity index (χ1) is 37.0. The quantitative estimate of drug-likeness (QED) is 0.0243. The predicted molar refractivity (Wildman–Crippen MR) is 332 cm³/mol. The first-order valence-corrected chi connectivity index (χ1v) is 34.9. The number of aliphatic hydroxyl groups is 1. The molecule has 0 aromatic heterocycles. The van der Waals surface area contributed by atoms with Crippen LogP contribution in [0.1, 0.15) is 335 Å². The van der Waals surface area contributed by atoms with Gasteiger partial charge in [-0.15, -0.1) is 0 Å². The van der Waals surface area contributed by atoms with Crippen LogP contribution < -0.4 is 5.32 Å². The summed E-state index contributed by atoms with van der Waals surface area (Å²) in [5.74, 6) is -0.185. The van der Waals surface area contributed by atoms with Gasteiger partial charge in [0, 0.05) is 6.42 Å². The normalized spacial score (nSPS) is 13.9. The summed E-state index contributed by atoms with van der Waals surface area (Å²) in [6, 6.07) is -0.868. The Morgan fingerprint density at radius 3 is 1.05 bits per heavy atom. The number of quaternary nitrogens is 1. The molecule has 1 amide bonds. The van der Waals surface area contributed by atoms with E-state index in [1.165, 1.54) is 270 Å². The fraction of sp³-hybridized carbons (Fsp3) is 0.896. The minimum absolute atomic E-state index is 0.0550. The summed E-state index contributed by atoms with van der Waals surface area (Å²) in [7, 11) is 1.56.